The van der Waals surface area contributed by atoms with Crippen LogP contribution in [0.1, 0.15) is 34.1 Å². The molecule has 1 aromatic heterocycles. The third kappa shape index (κ3) is 4.13. The number of piperazine rings is 1. The highest BCUT2D eigenvalue weighted by molar-refractivity contribution is 6.35. The fourth-order valence-corrected chi connectivity index (χ4v) is 5.69. The van der Waals surface area contributed by atoms with Gasteiger partial charge in [-0.2, -0.15) is 4.98 Å². The van der Waals surface area contributed by atoms with Crippen molar-refractivity contribution in [3.63, 3.8) is 0 Å². The number of nitrogens with one attached hydrogen (secondary N) is 2. The second kappa shape index (κ2) is 8.21. The van der Waals surface area contributed by atoms with Crippen LogP contribution in [0, 0.1) is 5.82 Å². The lowest BCUT2D eigenvalue weighted by atomic mass is 9.88. The Balaban J connectivity index is 1.76. The Bertz CT molecular complexity index is 1530. The summed E-state index contributed by atoms with van der Waals surface area (Å²) in [4.78, 5) is 21.5. The number of anilines is 1. The molecule has 1 aliphatic rings. The van der Waals surface area contributed by atoms with Crippen LogP contribution in [0.5, 0.6) is 5.75 Å². The summed E-state index contributed by atoms with van der Waals surface area (Å²) in [6.45, 7) is 9.64. The number of aromatic hydroxyl groups is 1. The van der Waals surface area contributed by atoms with Gasteiger partial charge in [0.05, 0.1) is 10.5 Å². The molecule has 0 amide bonds. The van der Waals surface area contributed by atoms with Crippen molar-refractivity contribution in [3.8, 4) is 16.9 Å². The minimum atomic E-state index is -0.656. The summed E-state index contributed by atoms with van der Waals surface area (Å²) in [5, 5.41) is 16.1. The summed E-state index contributed by atoms with van der Waals surface area (Å²) in [6.07, 6.45) is 0.873. The topological polar surface area (TPSA) is 81.2 Å². The predicted octanol–water partition coefficient (Wildman–Crippen LogP) is 5.60. The lowest BCUT2D eigenvalue weighted by Gasteiger charge is -2.50. The predicted molar refractivity (Wildman–Crippen MR) is 140 cm³/mol. The average Bonchev–Trinajstić information content (AvgIpc) is 2.78. The quantitative estimate of drug-likeness (QED) is 0.345. The summed E-state index contributed by atoms with van der Waals surface area (Å²) in [5.41, 5.74) is -0.468. The molecule has 0 aliphatic carbocycles. The molecule has 1 aliphatic heterocycles. The highest BCUT2D eigenvalue weighted by Crippen LogP contribution is 2.42. The van der Waals surface area contributed by atoms with Crippen LogP contribution in [0.3, 0.4) is 0 Å². The third-order valence-electron chi connectivity index (χ3n) is 6.86. The molecule has 3 aromatic carbocycles. The van der Waals surface area contributed by atoms with Crippen LogP contribution < -0.4 is 15.9 Å². The van der Waals surface area contributed by atoms with Crippen LogP contribution in [0.15, 0.2) is 47.3 Å². The van der Waals surface area contributed by atoms with E-state index < -0.39 is 11.5 Å². The van der Waals surface area contributed by atoms with Crippen LogP contribution in [0.2, 0.25) is 5.02 Å². The van der Waals surface area contributed by atoms with Gasteiger partial charge in [-0.15, -0.1) is 0 Å². The number of aromatic nitrogens is 2. The zero-order valence-electron chi connectivity index (χ0n) is 20.2. The van der Waals surface area contributed by atoms with Crippen molar-refractivity contribution >= 4 is 39.1 Å². The number of phenolic OH excluding ortho intramolecular Hbond substituents is 1. The minimum Gasteiger partial charge on any atom is -0.508 e. The molecule has 1 atom stereocenters. The molecular formula is C27H28ClFN4O2. The first-order valence-corrected chi connectivity index (χ1v) is 12.1. The van der Waals surface area contributed by atoms with E-state index in [0.29, 0.717) is 29.9 Å². The summed E-state index contributed by atoms with van der Waals surface area (Å²) in [6, 6.07) is 12.1. The summed E-state index contributed by atoms with van der Waals surface area (Å²) in [7, 11) is 0. The monoisotopic (exact) mass is 494 g/mol. The van der Waals surface area contributed by atoms with Crippen molar-refractivity contribution in [1.29, 1.82) is 0 Å². The molecule has 4 aromatic rings. The van der Waals surface area contributed by atoms with Crippen molar-refractivity contribution < 1.29 is 9.50 Å². The van der Waals surface area contributed by atoms with E-state index in [9.17, 15) is 9.90 Å². The van der Waals surface area contributed by atoms with E-state index in [1.54, 1.807) is 12.1 Å². The Morgan fingerprint density at radius 2 is 1.89 bits per heavy atom. The molecule has 182 valence electrons. The van der Waals surface area contributed by atoms with Crippen molar-refractivity contribution in [1.82, 2.24) is 15.3 Å². The first kappa shape index (κ1) is 23.6. The van der Waals surface area contributed by atoms with E-state index in [1.807, 2.05) is 29.2 Å². The molecule has 0 radical (unpaired) electrons. The van der Waals surface area contributed by atoms with Gasteiger partial charge in [0.1, 0.15) is 11.6 Å². The first-order chi connectivity index (χ1) is 16.5. The number of hydrogen-bond acceptors (Lipinski definition) is 5. The van der Waals surface area contributed by atoms with E-state index in [2.05, 4.69) is 43.0 Å². The molecule has 0 spiro atoms. The van der Waals surface area contributed by atoms with Gasteiger partial charge in [0.15, 0.2) is 5.82 Å². The highest BCUT2D eigenvalue weighted by atomic mass is 35.5. The highest BCUT2D eigenvalue weighted by Gasteiger charge is 2.39. The molecule has 3 N–H and O–H groups in total. The molecule has 1 fully saturated rings. The second-order valence-electron chi connectivity index (χ2n) is 10.3. The molecule has 6 nitrogen and oxygen atoms in total. The van der Waals surface area contributed by atoms with Gasteiger partial charge in [-0.1, -0.05) is 42.8 Å². The van der Waals surface area contributed by atoms with Crippen LogP contribution in [0.4, 0.5) is 10.2 Å². The zero-order chi connectivity index (χ0) is 25.1. The molecular weight excluding hydrogens is 467 g/mol. The number of halogens is 2. The standard InChI is InChI=1S/C27H28ClFN4O2/c1-5-27(4)14-33(13-26(2,3)32-27)24-19-12-20(28)21(22(29)23(19)30-25(35)31-24)18-11-16(34)10-15-8-6-7-9-17(15)18/h6-12,32,34H,5,13-14H2,1-4H3,(H,30,31,35). The normalized spacial score (nSPS) is 20.0. The fraction of sp³-hybridized carbons (Fsp3) is 0.333. The molecule has 35 heavy (non-hydrogen) atoms. The van der Waals surface area contributed by atoms with Gasteiger partial charge in [-0.3, -0.25) is 0 Å². The number of benzene rings is 3. The minimum absolute atomic E-state index is 0.0000684. The lowest BCUT2D eigenvalue weighted by Crippen LogP contribution is -2.68. The Morgan fingerprint density at radius 1 is 1.14 bits per heavy atom. The smallest absolute Gasteiger partial charge is 0.347 e. The van der Waals surface area contributed by atoms with Gasteiger partial charge in [-0.25, -0.2) is 9.18 Å². The average molecular weight is 495 g/mol. The van der Waals surface area contributed by atoms with E-state index >= 15 is 4.39 Å². The Kier molecular flexibility index (Phi) is 5.53. The van der Waals surface area contributed by atoms with Crippen LogP contribution in [0.25, 0.3) is 32.8 Å². The van der Waals surface area contributed by atoms with E-state index in [-0.39, 0.29) is 32.9 Å². The molecule has 8 heteroatoms. The maximum absolute atomic E-state index is 16.2. The molecule has 1 saturated heterocycles. The molecule has 2 heterocycles. The maximum Gasteiger partial charge on any atom is 0.347 e. The number of aromatic amines is 1. The van der Waals surface area contributed by atoms with Crippen molar-refractivity contribution in [2.75, 3.05) is 18.0 Å². The fourth-order valence-electron chi connectivity index (χ4n) is 5.40. The maximum atomic E-state index is 16.2. The number of fused-ring (bicyclic) bond motifs is 2. The lowest BCUT2D eigenvalue weighted by molar-refractivity contribution is 0.204. The first-order valence-electron chi connectivity index (χ1n) is 11.7. The van der Waals surface area contributed by atoms with Crippen LogP contribution in [-0.2, 0) is 0 Å². The third-order valence-corrected chi connectivity index (χ3v) is 7.16. The van der Waals surface area contributed by atoms with Crippen LogP contribution in [-0.4, -0.2) is 39.2 Å². The molecule has 0 bridgehead atoms. The number of nitrogens with zero attached hydrogens (tertiary/aromatic N) is 2. The van der Waals surface area contributed by atoms with Crippen molar-refractivity contribution in [2.24, 2.45) is 0 Å². The molecule has 0 saturated carbocycles. The largest absolute Gasteiger partial charge is 0.508 e. The second-order valence-corrected chi connectivity index (χ2v) is 10.7. The van der Waals surface area contributed by atoms with E-state index in [4.69, 9.17) is 11.6 Å². The number of hydrogen-bond donors (Lipinski definition) is 3. The van der Waals surface area contributed by atoms with E-state index in [0.717, 1.165) is 17.2 Å². The Labute approximate surface area is 207 Å². The summed E-state index contributed by atoms with van der Waals surface area (Å²) in [5.74, 6) is -0.247. The van der Waals surface area contributed by atoms with Gasteiger partial charge < -0.3 is 20.3 Å². The summed E-state index contributed by atoms with van der Waals surface area (Å²) >= 11 is 6.71. The van der Waals surface area contributed by atoms with Crippen molar-refractivity contribution in [2.45, 2.75) is 45.2 Å². The Hall–Kier alpha value is -3.16. The van der Waals surface area contributed by atoms with Gasteiger partial charge >= 0.3 is 5.69 Å². The van der Waals surface area contributed by atoms with Crippen molar-refractivity contribution in [3.05, 3.63) is 63.8 Å². The number of rotatable bonds is 3. The molecule has 5 rings (SSSR count). The van der Waals surface area contributed by atoms with Crippen LogP contribution >= 0.6 is 11.6 Å². The SMILES string of the molecule is CCC1(C)CN(c2nc(=O)[nH]c3c(F)c(-c4cc(O)cc5ccccc45)c(Cl)cc23)CC(C)(C)N1. The number of H-pyrrole nitrogens is 1. The van der Waals surface area contributed by atoms with Gasteiger partial charge in [0.2, 0.25) is 0 Å². The Morgan fingerprint density at radius 3 is 2.63 bits per heavy atom. The molecule has 1 unspecified atom stereocenters. The zero-order valence-corrected chi connectivity index (χ0v) is 20.9. The van der Waals surface area contributed by atoms with E-state index in [1.165, 1.54) is 6.07 Å². The van der Waals surface area contributed by atoms with Gasteiger partial charge in [0, 0.05) is 35.1 Å². The summed E-state index contributed by atoms with van der Waals surface area (Å²) < 4.78 is 16.2. The van der Waals surface area contributed by atoms with Gasteiger partial charge in [0.25, 0.3) is 0 Å². The number of phenols is 1. The van der Waals surface area contributed by atoms with Gasteiger partial charge in [-0.05, 0) is 61.7 Å².